The SMILES string of the molecule is NN=NC1=NC(N=NN)=C(Cl)NC1C(=O)NC1NC2(CCN(C(=O)CCc3c[nH]c4ccccc34)CC2)CN1N. The molecule has 0 saturated carbocycles. The monoisotopic (exact) mass is 570 g/mol. The van der Waals surface area contributed by atoms with Gasteiger partial charge in [-0.1, -0.05) is 40.2 Å². The molecule has 1 aromatic carbocycles. The molecular formula is C23H31ClN14O2. The third-order valence-electron chi connectivity index (χ3n) is 7.42. The van der Waals surface area contributed by atoms with Crippen LogP contribution in [0.5, 0.6) is 0 Å². The van der Waals surface area contributed by atoms with Crippen molar-refractivity contribution < 1.29 is 9.59 Å². The number of likely N-dealkylation sites (tertiary alicyclic amines) is 1. The maximum Gasteiger partial charge on any atom is 0.252 e. The van der Waals surface area contributed by atoms with Crippen molar-refractivity contribution in [2.24, 2.45) is 43.2 Å². The van der Waals surface area contributed by atoms with Crippen molar-refractivity contribution in [2.75, 3.05) is 19.6 Å². The molecule has 1 aromatic heterocycles. The Morgan fingerprint density at radius 3 is 2.67 bits per heavy atom. The van der Waals surface area contributed by atoms with E-state index in [1.807, 2.05) is 29.3 Å². The number of amides is 2. The third kappa shape index (κ3) is 5.60. The molecule has 0 radical (unpaired) electrons. The zero-order valence-electron chi connectivity index (χ0n) is 21.5. The standard InChI is InChI=1S/C23H31ClN14O2/c24-18-20(34-36-26)30-19(33-35-25)17(29-18)21(40)31-22-32-23(12-38(22)27)7-9-37(10-8-23)16(39)6-5-13-11-28-15-4-2-1-3-14(13)15/h1-4,11,17,22,28-29,32H,5-10,12,27H2,(H2,26,34)(H,31,40)(H2,25,30,33). The Labute approximate surface area is 234 Å². The lowest BCUT2D eigenvalue weighted by Crippen LogP contribution is -2.60. The highest BCUT2D eigenvalue weighted by Crippen LogP contribution is 2.29. The molecule has 17 heteroatoms. The third-order valence-corrected chi connectivity index (χ3v) is 7.69. The van der Waals surface area contributed by atoms with Crippen LogP contribution in [-0.2, 0) is 16.0 Å². The molecule has 10 N–H and O–H groups in total. The number of para-hydroxylation sites is 1. The lowest BCUT2D eigenvalue weighted by atomic mass is 9.88. The topological polar surface area (TPSA) is 232 Å². The van der Waals surface area contributed by atoms with Crippen molar-refractivity contribution in [3.8, 4) is 0 Å². The minimum absolute atomic E-state index is 0.0486. The summed E-state index contributed by atoms with van der Waals surface area (Å²) in [6.45, 7) is 1.66. The summed E-state index contributed by atoms with van der Waals surface area (Å²) in [6, 6.07) is 6.96. The number of carbonyl (C=O) groups is 2. The molecule has 2 fully saturated rings. The molecule has 2 unspecified atom stereocenters. The maximum atomic E-state index is 13.1. The summed E-state index contributed by atoms with van der Waals surface area (Å²) in [5, 5.41) is 25.2. The average Bonchev–Trinajstić information content (AvgIpc) is 3.49. The van der Waals surface area contributed by atoms with Gasteiger partial charge in [-0.15, -0.1) is 10.2 Å². The molecule has 40 heavy (non-hydrogen) atoms. The number of carbonyl (C=O) groups excluding carboxylic acids is 2. The minimum Gasteiger partial charge on any atom is -0.361 e. The van der Waals surface area contributed by atoms with Gasteiger partial charge in [0.05, 0.1) is 0 Å². The Morgan fingerprint density at radius 1 is 1.18 bits per heavy atom. The number of aromatic nitrogens is 1. The Balaban J connectivity index is 1.15. The van der Waals surface area contributed by atoms with Gasteiger partial charge in [0.1, 0.15) is 6.29 Å². The number of amidine groups is 1. The van der Waals surface area contributed by atoms with E-state index in [2.05, 4.69) is 52.7 Å². The van der Waals surface area contributed by atoms with E-state index in [1.54, 1.807) is 0 Å². The van der Waals surface area contributed by atoms with E-state index in [-0.39, 0.29) is 28.3 Å². The number of piperidine rings is 1. The van der Waals surface area contributed by atoms with Crippen LogP contribution >= 0.6 is 11.6 Å². The number of benzene rings is 1. The highest BCUT2D eigenvalue weighted by Gasteiger charge is 2.46. The Kier molecular flexibility index (Phi) is 7.92. The lowest BCUT2D eigenvalue weighted by Gasteiger charge is -2.39. The predicted molar refractivity (Wildman–Crippen MR) is 146 cm³/mol. The summed E-state index contributed by atoms with van der Waals surface area (Å²) in [5.41, 5.74) is 1.84. The Bertz CT molecular complexity index is 1390. The fraction of sp³-hybridized carbons (Fsp3) is 0.435. The summed E-state index contributed by atoms with van der Waals surface area (Å²) in [6.07, 6.45) is 3.78. The maximum absolute atomic E-state index is 13.1. The van der Waals surface area contributed by atoms with Crippen LogP contribution < -0.4 is 33.5 Å². The van der Waals surface area contributed by atoms with Gasteiger partial charge in [-0.05, 0) is 30.9 Å². The molecule has 0 bridgehead atoms. The van der Waals surface area contributed by atoms with E-state index in [1.165, 1.54) is 5.01 Å². The summed E-state index contributed by atoms with van der Waals surface area (Å²) in [7, 11) is 0. The van der Waals surface area contributed by atoms with E-state index >= 15 is 0 Å². The van der Waals surface area contributed by atoms with Gasteiger partial charge >= 0.3 is 0 Å². The Hall–Kier alpha value is -4.12. The molecule has 16 nitrogen and oxygen atoms in total. The molecule has 4 heterocycles. The molecule has 2 saturated heterocycles. The number of nitrogens with two attached hydrogens (primary N) is 3. The van der Waals surface area contributed by atoms with E-state index in [9.17, 15) is 9.59 Å². The fourth-order valence-corrected chi connectivity index (χ4v) is 5.53. The normalized spacial score (nSPS) is 23.4. The molecule has 2 amide bonds. The van der Waals surface area contributed by atoms with Gasteiger partial charge in [-0.25, -0.2) is 10.0 Å². The van der Waals surface area contributed by atoms with Crippen molar-refractivity contribution >= 4 is 40.2 Å². The second-order valence-electron chi connectivity index (χ2n) is 9.86. The summed E-state index contributed by atoms with van der Waals surface area (Å²) >= 11 is 6.13. The molecule has 3 aliphatic rings. The second-order valence-corrected chi connectivity index (χ2v) is 10.2. The van der Waals surface area contributed by atoms with Gasteiger partial charge in [0.25, 0.3) is 5.91 Å². The average molecular weight is 571 g/mol. The van der Waals surface area contributed by atoms with Crippen LogP contribution in [0.2, 0.25) is 0 Å². The number of aromatic amines is 1. The molecular weight excluding hydrogens is 540 g/mol. The van der Waals surface area contributed by atoms with Crippen molar-refractivity contribution in [1.82, 2.24) is 30.8 Å². The number of H-pyrrole nitrogens is 1. The first-order chi connectivity index (χ1) is 19.3. The highest BCUT2D eigenvalue weighted by molar-refractivity contribution is 6.30. The molecule has 3 aliphatic heterocycles. The van der Waals surface area contributed by atoms with Gasteiger partial charge in [0.2, 0.25) is 11.7 Å². The van der Waals surface area contributed by atoms with Crippen LogP contribution in [-0.4, -0.2) is 70.0 Å². The van der Waals surface area contributed by atoms with E-state index in [0.717, 1.165) is 16.5 Å². The van der Waals surface area contributed by atoms with Crippen LogP contribution in [0.15, 0.2) is 67.1 Å². The number of rotatable bonds is 6. The minimum atomic E-state index is -1.11. The van der Waals surface area contributed by atoms with Crippen molar-refractivity contribution in [3.63, 3.8) is 0 Å². The number of aryl methyl sites for hydroxylation is 1. The molecule has 5 rings (SSSR count). The first-order valence-electron chi connectivity index (χ1n) is 12.7. The van der Waals surface area contributed by atoms with Crippen LogP contribution in [0, 0.1) is 0 Å². The van der Waals surface area contributed by atoms with Crippen LogP contribution in [0.25, 0.3) is 10.9 Å². The van der Waals surface area contributed by atoms with Crippen molar-refractivity contribution in [3.05, 3.63) is 47.0 Å². The largest absolute Gasteiger partial charge is 0.361 e. The molecule has 2 atom stereocenters. The zero-order valence-corrected chi connectivity index (χ0v) is 22.3. The van der Waals surface area contributed by atoms with Crippen LogP contribution in [0.1, 0.15) is 24.8 Å². The molecule has 212 valence electrons. The van der Waals surface area contributed by atoms with Gasteiger partial charge < -0.3 is 32.2 Å². The number of halogens is 1. The van der Waals surface area contributed by atoms with Crippen LogP contribution in [0.4, 0.5) is 0 Å². The summed E-state index contributed by atoms with van der Waals surface area (Å²) in [4.78, 5) is 35.3. The van der Waals surface area contributed by atoms with E-state index < -0.39 is 18.2 Å². The summed E-state index contributed by atoms with van der Waals surface area (Å²) < 4.78 is 0. The van der Waals surface area contributed by atoms with Gasteiger partial charge in [-0.3, -0.25) is 20.7 Å². The van der Waals surface area contributed by atoms with E-state index in [4.69, 9.17) is 29.1 Å². The number of nitrogens with one attached hydrogen (secondary N) is 4. The quantitative estimate of drug-likeness (QED) is 0.108. The first kappa shape index (κ1) is 27.4. The number of aliphatic imine (C=N–C) groups is 1. The summed E-state index contributed by atoms with van der Waals surface area (Å²) in [5.74, 6) is 16.0. The number of fused-ring (bicyclic) bond motifs is 1. The van der Waals surface area contributed by atoms with Crippen molar-refractivity contribution in [2.45, 2.75) is 43.6 Å². The zero-order chi connectivity index (χ0) is 28.3. The second kappa shape index (κ2) is 11.5. The van der Waals surface area contributed by atoms with Gasteiger partial charge in [-0.2, -0.15) is 0 Å². The number of hydrogen-bond acceptors (Lipinski definition) is 11. The Morgan fingerprint density at radius 2 is 1.93 bits per heavy atom. The fourth-order valence-electron chi connectivity index (χ4n) is 5.34. The molecule has 1 spiro atoms. The van der Waals surface area contributed by atoms with Crippen molar-refractivity contribution in [1.29, 1.82) is 0 Å². The van der Waals surface area contributed by atoms with Gasteiger partial charge in [0.15, 0.2) is 17.0 Å². The number of nitrogens with zero attached hydrogens (tertiary/aromatic N) is 7. The number of hydrazine groups is 1. The van der Waals surface area contributed by atoms with Gasteiger partial charge in [0, 0.05) is 48.7 Å². The lowest BCUT2D eigenvalue weighted by molar-refractivity contribution is -0.132. The number of hydrogen-bond donors (Lipinski definition) is 7. The molecule has 2 aromatic rings. The molecule has 0 aliphatic carbocycles. The van der Waals surface area contributed by atoms with E-state index in [0.29, 0.717) is 45.3 Å². The first-order valence-corrected chi connectivity index (χ1v) is 13.1. The predicted octanol–water partition coefficient (Wildman–Crippen LogP) is 0.0279. The smallest absolute Gasteiger partial charge is 0.252 e. The highest BCUT2D eigenvalue weighted by atomic mass is 35.5. The van der Waals surface area contributed by atoms with Crippen LogP contribution in [0.3, 0.4) is 0 Å².